The van der Waals surface area contributed by atoms with Crippen molar-refractivity contribution >= 4 is 15.9 Å². The van der Waals surface area contributed by atoms with E-state index in [1.165, 1.54) is 12.6 Å². The molecule has 1 aromatic carbocycles. The summed E-state index contributed by atoms with van der Waals surface area (Å²) in [7, 11) is 0. The fraction of sp³-hybridized carbons (Fsp3) is 0.227. The molecule has 0 radical (unpaired) electrons. The van der Waals surface area contributed by atoms with E-state index in [4.69, 9.17) is 9.15 Å². The fourth-order valence-electron chi connectivity index (χ4n) is 3.28. The third-order valence-electron chi connectivity index (χ3n) is 4.81. The number of hydrogen-bond donors (Lipinski definition) is 0. The van der Waals surface area contributed by atoms with Gasteiger partial charge in [0, 0.05) is 18.7 Å². The molecular weight excluding hydrogens is 462 g/mol. The first-order chi connectivity index (χ1) is 14.8. The molecule has 158 valence electrons. The van der Waals surface area contributed by atoms with E-state index >= 15 is 0 Å². The van der Waals surface area contributed by atoms with Gasteiger partial charge in [-0.2, -0.15) is 4.98 Å². The van der Waals surface area contributed by atoms with E-state index in [9.17, 15) is 4.79 Å². The molecule has 0 aliphatic carbocycles. The van der Waals surface area contributed by atoms with Gasteiger partial charge in [-0.3, -0.25) is 9.36 Å². The largest absolute Gasteiger partial charge is 0.470 e. The van der Waals surface area contributed by atoms with Crippen LogP contribution in [0.3, 0.4) is 0 Å². The maximum absolute atomic E-state index is 13.2. The number of ether oxygens (including phenoxy) is 1. The number of aryl methyl sites for hydroxylation is 4. The van der Waals surface area contributed by atoms with E-state index in [2.05, 4.69) is 35.9 Å². The van der Waals surface area contributed by atoms with Crippen LogP contribution in [0, 0.1) is 27.7 Å². The van der Waals surface area contributed by atoms with Gasteiger partial charge in [0.1, 0.15) is 35.2 Å². The summed E-state index contributed by atoms with van der Waals surface area (Å²) >= 11 is 3.36. The van der Waals surface area contributed by atoms with Crippen LogP contribution in [0.2, 0.25) is 0 Å². The number of benzene rings is 1. The molecule has 0 spiro atoms. The number of nitrogens with zero attached hydrogens (tertiary/aromatic N) is 5. The van der Waals surface area contributed by atoms with Gasteiger partial charge in [0.2, 0.25) is 5.88 Å². The molecule has 3 heterocycles. The minimum absolute atomic E-state index is 0.146. The monoisotopic (exact) mass is 481 g/mol. The van der Waals surface area contributed by atoms with Gasteiger partial charge in [0.05, 0.1) is 11.4 Å². The van der Waals surface area contributed by atoms with Crippen LogP contribution in [0.15, 0.2) is 50.7 Å². The van der Waals surface area contributed by atoms with Crippen molar-refractivity contribution in [3.8, 4) is 22.8 Å². The zero-order valence-electron chi connectivity index (χ0n) is 17.5. The number of hydrogen-bond acceptors (Lipinski definition) is 7. The molecule has 4 aromatic rings. The van der Waals surface area contributed by atoms with Crippen molar-refractivity contribution in [2.24, 2.45) is 0 Å². The summed E-state index contributed by atoms with van der Waals surface area (Å²) < 4.78 is 12.7. The van der Waals surface area contributed by atoms with Crippen molar-refractivity contribution < 1.29 is 9.15 Å². The number of rotatable bonds is 5. The maximum Gasteiger partial charge on any atom is 0.276 e. The Morgan fingerprint density at radius 1 is 1.13 bits per heavy atom. The maximum atomic E-state index is 13.2. The van der Waals surface area contributed by atoms with Crippen molar-refractivity contribution in [1.29, 1.82) is 0 Å². The second-order valence-corrected chi connectivity index (χ2v) is 7.91. The second kappa shape index (κ2) is 8.43. The zero-order chi connectivity index (χ0) is 22.1. The molecule has 0 aliphatic heterocycles. The van der Waals surface area contributed by atoms with E-state index in [1.54, 1.807) is 24.6 Å². The number of halogens is 1. The Bertz CT molecular complexity index is 1330. The highest BCUT2D eigenvalue weighted by Crippen LogP contribution is 2.27. The lowest BCUT2D eigenvalue weighted by Crippen LogP contribution is -2.24. The van der Waals surface area contributed by atoms with Crippen LogP contribution in [0.4, 0.5) is 0 Å². The molecule has 0 saturated heterocycles. The molecule has 8 nitrogen and oxygen atoms in total. The molecule has 0 atom stereocenters. The Morgan fingerprint density at radius 2 is 1.94 bits per heavy atom. The topological polar surface area (TPSA) is 95.9 Å². The first kappa shape index (κ1) is 20.9. The SMILES string of the molecule is Cc1nc(COc2nc(C)n(-c3cc(-c4ncncc4C)ccc3C)c(=O)c2Br)co1. The average Bonchev–Trinajstić information content (AvgIpc) is 3.16. The molecule has 0 unspecified atom stereocenters. The number of oxazole rings is 1. The standard InChI is InChI=1S/C22H20BrN5O3/c1-12-5-6-16(20-13(2)8-24-11-25-20)7-18(12)28-14(3)26-21(19(23)22(28)29)31-10-17-9-30-15(4)27-17/h5-9,11H,10H2,1-4H3. The molecule has 0 bridgehead atoms. The van der Waals surface area contributed by atoms with Crippen LogP contribution in [0.5, 0.6) is 5.88 Å². The highest BCUT2D eigenvalue weighted by Gasteiger charge is 2.18. The minimum Gasteiger partial charge on any atom is -0.470 e. The Labute approximate surface area is 187 Å². The van der Waals surface area contributed by atoms with Gasteiger partial charge >= 0.3 is 0 Å². The van der Waals surface area contributed by atoms with Gasteiger partial charge in [-0.05, 0) is 53.9 Å². The van der Waals surface area contributed by atoms with E-state index in [1.807, 2.05) is 32.0 Å². The van der Waals surface area contributed by atoms with Crippen molar-refractivity contribution in [1.82, 2.24) is 24.5 Å². The fourth-order valence-corrected chi connectivity index (χ4v) is 3.66. The Hall–Kier alpha value is -3.33. The molecule has 31 heavy (non-hydrogen) atoms. The van der Waals surface area contributed by atoms with Gasteiger partial charge in [0.25, 0.3) is 5.56 Å². The lowest BCUT2D eigenvalue weighted by molar-refractivity contribution is 0.284. The van der Waals surface area contributed by atoms with E-state index in [0.717, 1.165) is 28.1 Å². The molecule has 3 aromatic heterocycles. The average molecular weight is 482 g/mol. The van der Waals surface area contributed by atoms with Gasteiger partial charge in [0.15, 0.2) is 5.89 Å². The van der Waals surface area contributed by atoms with Crippen LogP contribution >= 0.6 is 15.9 Å². The molecule has 0 fully saturated rings. The lowest BCUT2D eigenvalue weighted by atomic mass is 10.0. The molecule has 4 rings (SSSR count). The van der Waals surface area contributed by atoms with Crippen LogP contribution < -0.4 is 10.3 Å². The first-order valence-corrected chi connectivity index (χ1v) is 10.4. The van der Waals surface area contributed by atoms with Crippen molar-refractivity contribution in [3.63, 3.8) is 0 Å². The van der Waals surface area contributed by atoms with Crippen LogP contribution in [0.25, 0.3) is 16.9 Å². The highest BCUT2D eigenvalue weighted by atomic mass is 79.9. The summed E-state index contributed by atoms with van der Waals surface area (Å²) in [5, 5.41) is 0. The Morgan fingerprint density at radius 3 is 2.65 bits per heavy atom. The summed E-state index contributed by atoms with van der Waals surface area (Å²) in [6.07, 6.45) is 4.79. The normalized spacial score (nSPS) is 11.0. The molecule has 0 aliphatic rings. The predicted octanol–water partition coefficient (Wildman–Crippen LogP) is 4.25. The summed E-state index contributed by atoms with van der Waals surface area (Å²) in [5.74, 6) is 1.26. The van der Waals surface area contributed by atoms with Crippen LogP contribution in [-0.4, -0.2) is 24.5 Å². The zero-order valence-corrected chi connectivity index (χ0v) is 19.1. The molecular formula is C22H20BrN5O3. The van der Waals surface area contributed by atoms with Gasteiger partial charge < -0.3 is 9.15 Å². The summed E-state index contributed by atoms with van der Waals surface area (Å²) in [5.41, 5.74) is 4.68. The van der Waals surface area contributed by atoms with Gasteiger partial charge in [-0.1, -0.05) is 12.1 Å². The smallest absolute Gasteiger partial charge is 0.276 e. The third kappa shape index (κ3) is 4.13. The summed E-state index contributed by atoms with van der Waals surface area (Å²) in [6.45, 7) is 7.56. The molecule has 0 amide bonds. The number of aromatic nitrogens is 5. The summed E-state index contributed by atoms with van der Waals surface area (Å²) in [4.78, 5) is 30.4. The summed E-state index contributed by atoms with van der Waals surface area (Å²) in [6, 6.07) is 5.88. The van der Waals surface area contributed by atoms with Crippen molar-refractivity contribution in [3.05, 3.63) is 80.3 Å². The predicted molar refractivity (Wildman–Crippen MR) is 118 cm³/mol. The van der Waals surface area contributed by atoms with Gasteiger partial charge in [-0.15, -0.1) is 0 Å². The van der Waals surface area contributed by atoms with Crippen molar-refractivity contribution in [2.75, 3.05) is 0 Å². The first-order valence-electron chi connectivity index (χ1n) is 9.56. The molecule has 0 saturated carbocycles. The Kier molecular flexibility index (Phi) is 5.69. The van der Waals surface area contributed by atoms with Crippen LogP contribution in [-0.2, 0) is 6.61 Å². The van der Waals surface area contributed by atoms with Crippen molar-refractivity contribution in [2.45, 2.75) is 34.3 Å². The second-order valence-electron chi connectivity index (χ2n) is 7.12. The molecule has 9 heteroatoms. The Balaban J connectivity index is 1.75. The lowest BCUT2D eigenvalue weighted by Gasteiger charge is -2.16. The van der Waals surface area contributed by atoms with Crippen LogP contribution in [0.1, 0.15) is 28.5 Å². The quantitative estimate of drug-likeness (QED) is 0.420. The molecule has 0 N–H and O–H groups in total. The highest BCUT2D eigenvalue weighted by molar-refractivity contribution is 9.10. The third-order valence-corrected chi connectivity index (χ3v) is 5.49. The van der Waals surface area contributed by atoms with E-state index in [-0.39, 0.29) is 22.5 Å². The minimum atomic E-state index is -0.265. The van der Waals surface area contributed by atoms with E-state index in [0.29, 0.717) is 17.4 Å². The van der Waals surface area contributed by atoms with E-state index < -0.39 is 0 Å². The van der Waals surface area contributed by atoms with Gasteiger partial charge in [-0.25, -0.2) is 15.0 Å².